The van der Waals surface area contributed by atoms with Gasteiger partial charge in [-0.25, -0.2) is 9.18 Å². The van der Waals surface area contributed by atoms with Crippen molar-refractivity contribution in [2.45, 2.75) is 19.8 Å². The van der Waals surface area contributed by atoms with Gasteiger partial charge in [-0.15, -0.1) is 0 Å². The Bertz CT molecular complexity index is 763. The minimum atomic E-state index is -0.210. The molecule has 4 nitrogen and oxygen atoms in total. The summed E-state index contributed by atoms with van der Waals surface area (Å²) in [5.41, 5.74) is 3.49. The van der Waals surface area contributed by atoms with Gasteiger partial charge in [0.15, 0.2) is 0 Å². The lowest BCUT2D eigenvalue weighted by molar-refractivity contribution is 0.208. The van der Waals surface area contributed by atoms with Gasteiger partial charge >= 0.3 is 6.03 Å². The Kier molecular flexibility index (Phi) is 4.89. The number of urea groups is 1. The van der Waals surface area contributed by atoms with E-state index >= 15 is 0 Å². The third kappa shape index (κ3) is 3.79. The van der Waals surface area contributed by atoms with E-state index in [0.29, 0.717) is 18.7 Å². The monoisotopic (exact) mass is 325 g/mol. The largest absolute Gasteiger partial charge is 0.324 e. The maximum Gasteiger partial charge on any atom is 0.321 e. The number of likely N-dealkylation sites (tertiary alicyclic amines) is 1. The summed E-state index contributed by atoms with van der Waals surface area (Å²) < 4.78 is 13.7. The number of pyridine rings is 1. The number of hydrogen-bond donors (Lipinski definition) is 1. The fourth-order valence-corrected chi connectivity index (χ4v) is 2.76. The van der Waals surface area contributed by atoms with Gasteiger partial charge in [0.05, 0.1) is 0 Å². The van der Waals surface area contributed by atoms with Gasteiger partial charge in [-0.1, -0.05) is 29.8 Å². The van der Waals surface area contributed by atoms with E-state index in [1.54, 1.807) is 35.5 Å². The van der Waals surface area contributed by atoms with Gasteiger partial charge in [0.1, 0.15) is 5.82 Å². The smallest absolute Gasteiger partial charge is 0.321 e. The highest BCUT2D eigenvalue weighted by Crippen LogP contribution is 2.22. The molecule has 0 bridgehead atoms. The molecule has 0 saturated carbocycles. The standard InChI is InChI=1S/C19H20FN3O/c1-14-13-21-9-6-18(14)22-19(24)23-10-7-15(8-11-23)12-16-4-2-3-5-17(16)20/h2-6,9,12-13H,7-8,10-11H2,1H3,(H,21,22,24). The molecule has 124 valence electrons. The van der Waals surface area contributed by atoms with Crippen molar-refractivity contribution < 1.29 is 9.18 Å². The number of aryl methyl sites for hydroxylation is 1. The Balaban J connectivity index is 1.60. The van der Waals surface area contributed by atoms with Crippen molar-refractivity contribution >= 4 is 17.8 Å². The summed E-state index contributed by atoms with van der Waals surface area (Å²) in [7, 11) is 0. The normalized spacial score (nSPS) is 14.4. The van der Waals surface area contributed by atoms with Crippen molar-refractivity contribution in [2.24, 2.45) is 0 Å². The van der Waals surface area contributed by atoms with E-state index in [2.05, 4.69) is 10.3 Å². The second-order valence-electron chi connectivity index (χ2n) is 5.93. The molecule has 1 aliphatic heterocycles. The van der Waals surface area contributed by atoms with Crippen LogP contribution in [0.25, 0.3) is 6.08 Å². The third-order valence-corrected chi connectivity index (χ3v) is 4.22. The number of halogens is 1. The Labute approximate surface area is 141 Å². The first-order chi connectivity index (χ1) is 11.6. The van der Waals surface area contributed by atoms with Crippen LogP contribution in [0, 0.1) is 12.7 Å². The quantitative estimate of drug-likeness (QED) is 0.897. The Hall–Kier alpha value is -2.69. The molecule has 1 N–H and O–H groups in total. The maximum atomic E-state index is 13.7. The number of nitrogens with zero attached hydrogens (tertiary/aromatic N) is 2. The van der Waals surface area contributed by atoms with E-state index in [1.807, 2.05) is 19.1 Å². The molecule has 0 unspecified atom stereocenters. The average Bonchev–Trinajstić information content (AvgIpc) is 2.59. The van der Waals surface area contributed by atoms with Crippen LogP contribution in [0.4, 0.5) is 14.9 Å². The van der Waals surface area contributed by atoms with E-state index in [-0.39, 0.29) is 11.8 Å². The van der Waals surface area contributed by atoms with Crippen molar-refractivity contribution in [1.82, 2.24) is 9.88 Å². The topological polar surface area (TPSA) is 45.2 Å². The predicted molar refractivity (Wildman–Crippen MR) is 93.2 cm³/mol. The summed E-state index contributed by atoms with van der Waals surface area (Å²) in [5, 5.41) is 2.92. The highest BCUT2D eigenvalue weighted by atomic mass is 19.1. The minimum absolute atomic E-state index is 0.103. The minimum Gasteiger partial charge on any atom is -0.324 e. The Morgan fingerprint density at radius 3 is 2.71 bits per heavy atom. The van der Waals surface area contributed by atoms with Crippen molar-refractivity contribution in [2.75, 3.05) is 18.4 Å². The van der Waals surface area contributed by atoms with Gasteiger partial charge in [-0.2, -0.15) is 0 Å². The summed E-state index contributed by atoms with van der Waals surface area (Å²) in [5.74, 6) is -0.210. The SMILES string of the molecule is Cc1cnccc1NC(=O)N1CCC(=Cc2ccccc2F)CC1. The number of amides is 2. The van der Waals surface area contributed by atoms with Crippen molar-refractivity contribution in [3.63, 3.8) is 0 Å². The Morgan fingerprint density at radius 2 is 2.00 bits per heavy atom. The molecule has 1 aromatic carbocycles. The van der Waals surface area contributed by atoms with Gasteiger partial charge in [0, 0.05) is 36.7 Å². The van der Waals surface area contributed by atoms with Crippen LogP contribution in [0.5, 0.6) is 0 Å². The van der Waals surface area contributed by atoms with Crippen molar-refractivity contribution in [3.8, 4) is 0 Å². The molecule has 5 heteroatoms. The van der Waals surface area contributed by atoms with E-state index in [4.69, 9.17) is 0 Å². The first kappa shape index (κ1) is 16.2. The van der Waals surface area contributed by atoms with Crippen LogP contribution in [0.1, 0.15) is 24.0 Å². The van der Waals surface area contributed by atoms with E-state index in [1.165, 1.54) is 11.6 Å². The average molecular weight is 325 g/mol. The lowest BCUT2D eigenvalue weighted by atomic mass is 10.0. The van der Waals surface area contributed by atoms with Crippen LogP contribution < -0.4 is 5.32 Å². The molecule has 0 spiro atoms. The lowest BCUT2D eigenvalue weighted by Gasteiger charge is -2.29. The van der Waals surface area contributed by atoms with Crippen molar-refractivity contribution in [3.05, 3.63) is 65.2 Å². The molecule has 0 radical (unpaired) electrons. The number of carbonyl (C=O) groups excluding carboxylic acids is 1. The van der Waals surface area contributed by atoms with E-state index < -0.39 is 0 Å². The first-order valence-corrected chi connectivity index (χ1v) is 8.04. The number of hydrogen-bond acceptors (Lipinski definition) is 2. The molecule has 1 fully saturated rings. The number of piperidine rings is 1. The summed E-state index contributed by atoms with van der Waals surface area (Å²) in [6.45, 7) is 3.18. The van der Waals surface area contributed by atoms with Crippen LogP contribution >= 0.6 is 0 Å². The molecule has 1 saturated heterocycles. The van der Waals surface area contributed by atoms with Crippen LogP contribution in [0.15, 0.2) is 48.3 Å². The molecule has 3 rings (SSSR count). The van der Waals surface area contributed by atoms with Crippen LogP contribution in [0.2, 0.25) is 0 Å². The van der Waals surface area contributed by atoms with Gasteiger partial charge in [0.25, 0.3) is 0 Å². The maximum absolute atomic E-state index is 13.7. The number of aromatic nitrogens is 1. The van der Waals surface area contributed by atoms with Crippen LogP contribution in [-0.4, -0.2) is 29.0 Å². The van der Waals surface area contributed by atoms with E-state index in [9.17, 15) is 9.18 Å². The molecule has 2 amide bonds. The first-order valence-electron chi connectivity index (χ1n) is 8.04. The predicted octanol–water partition coefficient (Wildman–Crippen LogP) is 4.24. The second kappa shape index (κ2) is 7.25. The number of nitrogens with one attached hydrogen (secondary N) is 1. The fraction of sp³-hybridized carbons (Fsp3) is 0.263. The second-order valence-corrected chi connectivity index (χ2v) is 5.93. The molecule has 24 heavy (non-hydrogen) atoms. The molecule has 2 aromatic rings. The van der Waals surface area contributed by atoms with Gasteiger partial charge in [-0.05, 0) is 37.5 Å². The Morgan fingerprint density at radius 1 is 1.25 bits per heavy atom. The number of benzene rings is 1. The number of rotatable bonds is 2. The molecule has 1 aliphatic rings. The molecule has 0 atom stereocenters. The van der Waals surface area contributed by atoms with Crippen LogP contribution in [-0.2, 0) is 0 Å². The summed E-state index contributed by atoms with van der Waals surface area (Å²) in [6, 6.07) is 8.44. The van der Waals surface area contributed by atoms with Gasteiger partial charge in [-0.3, -0.25) is 4.98 Å². The molecule has 2 heterocycles. The number of anilines is 1. The summed E-state index contributed by atoms with van der Waals surface area (Å²) in [6.07, 6.45) is 6.81. The molecular weight excluding hydrogens is 305 g/mol. The molecule has 1 aromatic heterocycles. The molecule has 0 aliphatic carbocycles. The third-order valence-electron chi connectivity index (χ3n) is 4.22. The van der Waals surface area contributed by atoms with Gasteiger partial charge in [0.2, 0.25) is 0 Å². The summed E-state index contributed by atoms with van der Waals surface area (Å²) in [4.78, 5) is 18.2. The lowest BCUT2D eigenvalue weighted by Crippen LogP contribution is -2.39. The van der Waals surface area contributed by atoms with Gasteiger partial charge < -0.3 is 10.2 Å². The highest BCUT2D eigenvalue weighted by Gasteiger charge is 2.19. The summed E-state index contributed by atoms with van der Waals surface area (Å²) >= 11 is 0. The van der Waals surface area contributed by atoms with E-state index in [0.717, 1.165) is 24.1 Å². The van der Waals surface area contributed by atoms with Crippen molar-refractivity contribution in [1.29, 1.82) is 0 Å². The van der Waals surface area contributed by atoms with Crippen LogP contribution in [0.3, 0.4) is 0 Å². The zero-order valence-electron chi connectivity index (χ0n) is 13.6. The fourth-order valence-electron chi connectivity index (χ4n) is 2.76. The molecular formula is C19H20FN3O. The number of carbonyl (C=O) groups is 1. The highest BCUT2D eigenvalue weighted by molar-refractivity contribution is 5.90. The zero-order chi connectivity index (χ0) is 16.9. The zero-order valence-corrected chi connectivity index (χ0v) is 13.6.